The van der Waals surface area contributed by atoms with Gasteiger partial charge in [0.05, 0.1) is 5.56 Å². The molecule has 17 heavy (non-hydrogen) atoms. The van der Waals surface area contributed by atoms with Crippen LogP contribution in [0.1, 0.15) is 5.69 Å². The molecule has 5 heteroatoms. The van der Waals surface area contributed by atoms with Crippen molar-refractivity contribution in [3.05, 3.63) is 35.0 Å². The number of anilines is 1. The molecule has 0 aliphatic carbocycles. The Hall–Kier alpha value is -1.52. The third-order valence-corrected chi connectivity index (χ3v) is 2.60. The fraction of sp³-hybridized carbons (Fsp3) is 0.250. The molecule has 2 rings (SSSR count). The summed E-state index contributed by atoms with van der Waals surface area (Å²) in [6, 6.07) is 7.49. The van der Waals surface area contributed by atoms with Gasteiger partial charge in [-0.1, -0.05) is 28.9 Å². The van der Waals surface area contributed by atoms with E-state index in [0.29, 0.717) is 17.5 Å². The van der Waals surface area contributed by atoms with Crippen LogP contribution in [0.25, 0.3) is 11.1 Å². The van der Waals surface area contributed by atoms with Gasteiger partial charge in [-0.3, -0.25) is 0 Å². The highest BCUT2D eigenvalue weighted by Gasteiger charge is 2.16. The van der Waals surface area contributed by atoms with Crippen LogP contribution in [-0.4, -0.2) is 24.2 Å². The van der Waals surface area contributed by atoms with E-state index in [-0.39, 0.29) is 0 Å². The predicted molar refractivity (Wildman–Crippen MR) is 68.8 cm³/mol. The minimum Gasteiger partial charge on any atom is -0.367 e. The van der Waals surface area contributed by atoms with Gasteiger partial charge in [0.2, 0.25) is 5.88 Å². The van der Waals surface area contributed by atoms with Gasteiger partial charge in [0, 0.05) is 11.6 Å². The Morgan fingerprint density at radius 1 is 1.41 bits per heavy atom. The number of halogens is 1. The zero-order valence-electron chi connectivity index (χ0n) is 9.77. The van der Waals surface area contributed by atoms with E-state index < -0.39 is 0 Å². The second-order valence-corrected chi connectivity index (χ2v) is 4.55. The van der Waals surface area contributed by atoms with Crippen LogP contribution >= 0.6 is 11.6 Å². The predicted octanol–water partition coefficient (Wildman–Crippen LogP) is 2.64. The van der Waals surface area contributed by atoms with E-state index in [4.69, 9.17) is 21.9 Å². The van der Waals surface area contributed by atoms with Gasteiger partial charge in [-0.15, -0.1) is 0 Å². The number of hydrogen-bond acceptors (Lipinski definition) is 4. The third-order valence-electron chi connectivity index (χ3n) is 2.37. The van der Waals surface area contributed by atoms with Crippen LogP contribution in [0.15, 0.2) is 28.8 Å². The number of hydrogen-bond donors (Lipinski definition) is 1. The van der Waals surface area contributed by atoms with E-state index in [1.807, 2.05) is 43.3 Å². The molecular weight excluding hydrogens is 238 g/mol. The normalized spacial score (nSPS) is 11.1. The van der Waals surface area contributed by atoms with Crippen molar-refractivity contribution in [2.75, 3.05) is 19.8 Å². The van der Waals surface area contributed by atoms with Gasteiger partial charge in [-0.2, -0.15) is 0 Å². The molecule has 4 nitrogen and oxygen atoms in total. The second kappa shape index (κ2) is 4.77. The van der Waals surface area contributed by atoms with Crippen LogP contribution in [0, 0.1) is 0 Å². The molecule has 2 aromatic rings. The molecule has 0 bridgehead atoms. The van der Waals surface area contributed by atoms with Crippen molar-refractivity contribution in [3.8, 4) is 11.1 Å². The summed E-state index contributed by atoms with van der Waals surface area (Å²) >= 11 is 5.97. The summed E-state index contributed by atoms with van der Waals surface area (Å²) in [5, 5.41) is 4.64. The summed E-state index contributed by atoms with van der Waals surface area (Å²) in [5.74, 6) is 0.323. The van der Waals surface area contributed by atoms with Crippen LogP contribution in [0.3, 0.4) is 0 Å². The largest absolute Gasteiger partial charge is 0.367 e. The van der Waals surface area contributed by atoms with Crippen LogP contribution in [0.4, 0.5) is 5.88 Å². The van der Waals surface area contributed by atoms with Gasteiger partial charge in [0.25, 0.3) is 0 Å². The van der Waals surface area contributed by atoms with Crippen LogP contribution < -0.4 is 5.73 Å². The van der Waals surface area contributed by atoms with Crippen molar-refractivity contribution >= 4 is 17.5 Å². The molecule has 0 amide bonds. The Balaban J connectivity index is 2.47. The van der Waals surface area contributed by atoms with E-state index in [1.165, 1.54) is 0 Å². The Morgan fingerprint density at radius 2 is 2.18 bits per heavy atom. The average Bonchev–Trinajstić information content (AvgIpc) is 2.59. The quantitative estimate of drug-likeness (QED) is 0.911. The van der Waals surface area contributed by atoms with Crippen LogP contribution in [0.5, 0.6) is 0 Å². The van der Waals surface area contributed by atoms with Gasteiger partial charge in [0.15, 0.2) is 0 Å². The van der Waals surface area contributed by atoms with E-state index in [9.17, 15) is 0 Å². The third kappa shape index (κ3) is 2.60. The summed E-state index contributed by atoms with van der Waals surface area (Å²) in [7, 11) is 3.93. The summed E-state index contributed by atoms with van der Waals surface area (Å²) in [5.41, 5.74) is 8.37. The first-order valence-electron chi connectivity index (χ1n) is 5.22. The first-order chi connectivity index (χ1) is 8.08. The maximum absolute atomic E-state index is 5.97. The highest BCUT2D eigenvalue weighted by molar-refractivity contribution is 6.30. The molecule has 0 saturated heterocycles. The zero-order chi connectivity index (χ0) is 12.4. The number of rotatable bonds is 3. The molecule has 0 saturated carbocycles. The lowest BCUT2D eigenvalue weighted by atomic mass is 10.1. The number of aromatic nitrogens is 1. The second-order valence-electron chi connectivity index (χ2n) is 4.12. The fourth-order valence-corrected chi connectivity index (χ4v) is 1.89. The van der Waals surface area contributed by atoms with Gasteiger partial charge in [0.1, 0.15) is 5.69 Å². The summed E-state index contributed by atoms with van der Waals surface area (Å²) in [6.45, 7) is 0.669. The molecule has 0 unspecified atom stereocenters. The first-order valence-corrected chi connectivity index (χ1v) is 5.60. The molecule has 0 aliphatic heterocycles. The molecule has 2 N–H and O–H groups in total. The summed E-state index contributed by atoms with van der Waals surface area (Å²) in [4.78, 5) is 2.01. The minimum absolute atomic E-state index is 0.323. The Bertz CT molecular complexity index is 522. The molecule has 0 aliphatic rings. The topological polar surface area (TPSA) is 55.3 Å². The maximum Gasteiger partial charge on any atom is 0.230 e. The van der Waals surface area contributed by atoms with Gasteiger partial charge < -0.3 is 15.2 Å². The fourth-order valence-electron chi connectivity index (χ4n) is 1.70. The van der Waals surface area contributed by atoms with Crippen molar-refractivity contribution in [1.82, 2.24) is 10.1 Å². The molecule has 0 radical (unpaired) electrons. The summed E-state index contributed by atoms with van der Waals surface area (Å²) in [6.07, 6.45) is 0. The highest BCUT2D eigenvalue weighted by atomic mass is 35.5. The lowest BCUT2D eigenvalue weighted by Crippen LogP contribution is -2.11. The van der Waals surface area contributed by atoms with Gasteiger partial charge in [-0.05, 0) is 31.8 Å². The molecule has 1 aromatic carbocycles. The number of nitrogens with two attached hydrogens (primary N) is 1. The Labute approximate surface area is 105 Å². The highest BCUT2D eigenvalue weighted by Crippen LogP contribution is 2.31. The molecule has 0 fully saturated rings. The molecule has 0 atom stereocenters. The van der Waals surface area contributed by atoms with E-state index >= 15 is 0 Å². The molecule has 1 heterocycles. The Morgan fingerprint density at radius 3 is 2.82 bits per heavy atom. The minimum atomic E-state index is 0.323. The number of nitrogens with zero attached hydrogens (tertiary/aromatic N) is 2. The van der Waals surface area contributed by atoms with Crippen molar-refractivity contribution in [3.63, 3.8) is 0 Å². The maximum atomic E-state index is 5.97. The average molecular weight is 252 g/mol. The van der Waals surface area contributed by atoms with E-state index in [2.05, 4.69) is 5.16 Å². The number of nitrogen functional groups attached to an aromatic ring is 1. The lowest BCUT2D eigenvalue weighted by molar-refractivity contribution is 0.368. The van der Waals surface area contributed by atoms with Crippen LogP contribution in [-0.2, 0) is 6.54 Å². The van der Waals surface area contributed by atoms with Crippen molar-refractivity contribution < 1.29 is 4.52 Å². The van der Waals surface area contributed by atoms with Crippen molar-refractivity contribution in [1.29, 1.82) is 0 Å². The molecular formula is C12H14ClN3O. The summed E-state index contributed by atoms with van der Waals surface area (Å²) < 4.78 is 5.05. The van der Waals surface area contributed by atoms with Gasteiger partial charge in [-0.25, -0.2) is 0 Å². The zero-order valence-corrected chi connectivity index (χ0v) is 10.5. The van der Waals surface area contributed by atoms with Crippen molar-refractivity contribution in [2.24, 2.45) is 0 Å². The SMILES string of the molecule is CN(C)Cc1noc(N)c1-c1cccc(Cl)c1. The monoisotopic (exact) mass is 251 g/mol. The van der Waals surface area contributed by atoms with Crippen LogP contribution in [0.2, 0.25) is 5.02 Å². The molecule has 0 spiro atoms. The van der Waals surface area contributed by atoms with Gasteiger partial charge >= 0.3 is 0 Å². The Kier molecular flexibility index (Phi) is 3.36. The smallest absolute Gasteiger partial charge is 0.230 e. The van der Waals surface area contributed by atoms with E-state index in [0.717, 1.165) is 16.8 Å². The number of benzene rings is 1. The first kappa shape index (κ1) is 12.0. The molecule has 1 aromatic heterocycles. The molecule has 90 valence electrons. The lowest BCUT2D eigenvalue weighted by Gasteiger charge is -2.08. The standard InChI is InChI=1S/C12H14ClN3O/c1-16(2)7-10-11(12(14)17-15-10)8-4-3-5-9(13)6-8/h3-6H,7,14H2,1-2H3. The van der Waals surface area contributed by atoms with E-state index in [1.54, 1.807) is 0 Å². The van der Waals surface area contributed by atoms with Crippen molar-refractivity contribution in [2.45, 2.75) is 6.54 Å².